The quantitative estimate of drug-likeness (QED) is 0.893. The maximum atomic E-state index is 12.0. The van der Waals surface area contributed by atoms with Crippen molar-refractivity contribution < 1.29 is 9.59 Å². The zero-order valence-corrected chi connectivity index (χ0v) is 14.0. The second kappa shape index (κ2) is 7.48. The van der Waals surface area contributed by atoms with Gasteiger partial charge >= 0.3 is 0 Å². The molecular weight excluding hydrogens is 334 g/mol. The summed E-state index contributed by atoms with van der Waals surface area (Å²) < 4.78 is 0. The molecule has 0 aliphatic carbocycles. The van der Waals surface area contributed by atoms with E-state index in [0.29, 0.717) is 12.1 Å². The number of hydrogen-bond acceptors (Lipinski definition) is 4. The van der Waals surface area contributed by atoms with Crippen LogP contribution in [0.3, 0.4) is 0 Å². The van der Waals surface area contributed by atoms with Crippen molar-refractivity contribution in [2.24, 2.45) is 0 Å². The summed E-state index contributed by atoms with van der Waals surface area (Å²) >= 11 is 1.54. The van der Waals surface area contributed by atoms with Crippen LogP contribution in [0.5, 0.6) is 0 Å². The molecule has 2 heterocycles. The third-order valence-corrected chi connectivity index (χ3v) is 4.53. The smallest absolute Gasteiger partial charge is 0.253 e. The molecule has 0 fully saturated rings. The second-order valence-corrected chi connectivity index (χ2v) is 6.39. The molecule has 5 nitrogen and oxygen atoms in total. The number of rotatable bonds is 3. The molecule has 0 radical (unpaired) electrons. The zero-order valence-electron chi connectivity index (χ0n) is 12.4. The number of fused-ring (bicyclic) bond motifs is 1. The van der Waals surface area contributed by atoms with Gasteiger partial charge in [0.2, 0.25) is 5.91 Å². The number of carbonyl (C=O) groups is 2. The first-order chi connectivity index (χ1) is 10.6. The lowest BCUT2D eigenvalue weighted by Gasteiger charge is -2.21. The van der Waals surface area contributed by atoms with E-state index < -0.39 is 0 Å². The number of pyridine rings is 1. The molecule has 0 spiro atoms. The van der Waals surface area contributed by atoms with E-state index in [9.17, 15) is 9.59 Å². The Morgan fingerprint density at radius 2 is 2.22 bits per heavy atom. The molecule has 1 aromatic heterocycles. The maximum absolute atomic E-state index is 12.0. The highest BCUT2D eigenvalue weighted by Gasteiger charge is 2.22. The van der Waals surface area contributed by atoms with E-state index in [4.69, 9.17) is 0 Å². The summed E-state index contributed by atoms with van der Waals surface area (Å²) in [5.41, 5.74) is 2.27. The molecule has 120 valence electrons. The first kappa shape index (κ1) is 17.3. The van der Waals surface area contributed by atoms with Gasteiger partial charge < -0.3 is 10.6 Å². The average Bonchev–Trinajstić information content (AvgIpc) is 2.54. The van der Waals surface area contributed by atoms with E-state index in [0.717, 1.165) is 16.1 Å². The molecule has 1 unspecified atom stereocenters. The minimum Gasteiger partial charge on any atom is -0.348 e. The third kappa shape index (κ3) is 4.03. The van der Waals surface area contributed by atoms with Crippen LogP contribution in [-0.4, -0.2) is 22.0 Å². The summed E-state index contributed by atoms with van der Waals surface area (Å²) in [5, 5.41) is 5.65. The molecule has 2 aromatic rings. The molecule has 0 bridgehead atoms. The van der Waals surface area contributed by atoms with Crippen LogP contribution in [0.15, 0.2) is 47.6 Å². The van der Waals surface area contributed by atoms with Gasteiger partial charge in [-0.15, -0.1) is 24.2 Å². The van der Waals surface area contributed by atoms with Gasteiger partial charge in [-0.1, -0.05) is 6.07 Å². The topological polar surface area (TPSA) is 71.1 Å². The molecule has 1 aromatic carbocycles. The second-order valence-electron chi connectivity index (χ2n) is 5.00. The number of halogens is 1. The minimum absolute atomic E-state index is 0. The highest BCUT2D eigenvalue weighted by Crippen LogP contribution is 2.35. The van der Waals surface area contributed by atoms with Crippen molar-refractivity contribution in [2.45, 2.75) is 23.6 Å². The summed E-state index contributed by atoms with van der Waals surface area (Å²) in [7, 11) is 0. The highest BCUT2D eigenvalue weighted by molar-refractivity contribution is 8.00. The lowest BCUT2D eigenvalue weighted by Crippen LogP contribution is -2.27. The van der Waals surface area contributed by atoms with Crippen molar-refractivity contribution in [3.8, 4) is 0 Å². The van der Waals surface area contributed by atoms with Gasteiger partial charge in [0.15, 0.2) is 0 Å². The van der Waals surface area contributed by atoms with Crippen LogP contribution in [0.1, 0.15) is 22.8 Å². The Hall–Kier alpha value is -2.05. The first-order valence-corrected chi connectivity index (χ1v) is 7.80. The molecular formula is C16H16ClN3O2S. The van der Waals surface area contributed by atoms with E-state index in [1.807, 2.05) is 25.1 Å². The molecule has 2 N–H and O–H groups in total. The monoisotopic (exact) mass is 349 g/mol. The first-order valence-electron chi connectivity index (χ1n) is 6.92. The van der Waals surface area contributed by atoms with E-state index in [1.54, 1.807) is 30.1 Å². The van der Waals surface area contributed by atoms with Crippen LogP contribution in [0, 0.1) is 0 Å². The molecule has 1 atom stereocenters. The van der Waals surface area contributed by atoms with Gasteiger partial charge in [-0.2, -0.15) is 0 Å². The van der Waals surface area contributed by atoms with Crippen molar-refractivity contribution in [2.75, 3.05) is 5.32 Å². The lowest BCUT2D eigenvalue weighted by molar-refractivity contribution is -0.115. The van der Waals surface area contributed by atoms with Gasteiger partial charge in [-0.25, -0.2) is 0 Å². The Labute approximate surface area is 144 Å². The number of amides is 2. The molecule has 7 heteroatoms. The molecule has 23 heavy (non-hydrogen) atoms. The number of nitrogens with zero attached hydrogens (tertiary/aromatic N) is 1. The normalized spacial score (nSPS) is 15.9. The Morgan fingerprint density at radius 1 is 1.39 bits per heavy atom. The molecule has 0 saturated carbocycles. The molecule has 1 aliphatic rings. The van der Waals surface area contributed by atoms with Gasteiger partial charge in [0.05, 0.1) is 16.5 Å². The fourth-order valence-electron chi connectivity index (χ4n) is 2.15. The zero-order chi connectivity index (χ0) is 15.5. The van der Waals surface area contributed by atoms with Gasteiger partial charge in [0.1, 0.15) is 0 Å². The van der Waals surface area contributed by atoms with Crippen molar-refractivity contribution >= 4 is 41.7 Å². The fraction of sp³-hybridized carbons (Fsp3) is 0.188. The molecule has 0 saturated heterocycles. The van der Waals surface area contributed by atoms with Crippen molar-refractivity contribution in [1.29, 1.82) is 0 Å². The largest absolute Gasteiger partial charge is 0.348 e. The SMILES string of the molecule is CC1Sc2ccc(CNC(=O)c3cccnc3)cc2NC1=O.Cl. The van der Waals surface area contributed by atoms with E-state index in [2.05, 4.69) is 15.6 Å². The van der Waals surface area contributed by atoms with E-state index in [1.165, 1.54) is 6.20 Å². The standard InChI is InChI=1S/C16H15N3O2S.ClH/c1-10-15(20)19-13-7-11(4-5-14(13)22-10)8-18-16(21)12-3-2-6-17-9-12;/h2-7,9-10H,8H2,1H3,(H,18,21)(H,19,20);1H. The van der Waals surface area contributed by atoms with Crippen molar-refractivity contribution in [3.63, 3.8) is 0 Å². The average molecular weight is 350 g/mol. The van der Waals surface area contributed by atoms with Gasteiger partial charge in [-0.3, -0.25) is 14.6 Å². The summed E-state index contributed by atoms with van der Waals surface area (Å²) in [6.45, 7) is 2.28. The number of thioether (sulfide) groups is 1. The van der Waals surface area contributed by atoms with Crippen LogP contribution in [-0.2, 0) is 11.3 Å². The van der Waals surface area contributed by atoms with Crippen LogP contribution in [0.4, 0.5) is 5.69 Å². The molecule has 3 rings (SSSR count). The van der Waals surface area contributed by atoms with Crippen LogP contribution < -0.4 is 10.6 Å². The lowest BCUT2D eigenvalue weighted by atomic mass is 10.2. The Morgan fingerprint density at radius 3 is 2.96 bits per heavy atom. The van der Waals surface area contributed by atoms with Gasteiger partial charge in [0, 0.05) is 23.8 Å². The van der Waals surface area contributed by atoms with Crippen LogP contribution >= 0.6 is 24.2 Å². The Balaban J connectivity index is 0.00000192. The van der Waals surface area contributed by atoms with Crippen molar-refractivity contribution in [1.82, 2.24) is 10.3 Å². The summed E-state index contributed by atoms with van der Waals surface area (Å²) in [5.74, 6) is -0.160. The predicted octanol–water partition coefficient (Wildman–Crippen LogP) is 2.87. The number of nitrogens with one attached hydrogen (secondary N) is 2. The molecule has 1 aliphatic heterocycles. The van der Waals surface area contributed by atoms with Crippen molar-refractivity contribution in [3.05, 3.63) is 53.9 Å². The summed E-state index contributed by atoms with van der Waals surface area (Å²) in [6.07, 6.45) is 3.15. The number of carbonyl (C=O) groups excluding carboxylic acids is 2. The van der Waals surface area contributed by atoms with E-state index >= 15 is 0 Å². The Kier molecular flexibility index (Phi) is 5.63. The molecule has 2 amide bonds. The fourth-order valence-corrected chi connectivity index (χ4v) is 3.08. The van der Waals surface area contributed by atoms with Gasteiger partial charge in [0.25, 0.3) is 5.91 Å². The predicted molar refractivity (Wildman–Crippen MR) is 93.0 cm³/mol. The van der Waals surface area contributed by atoms with Crippen LogP contribution in [0.25, 0.3) is 0 Å². The van der Waals surface area contributed by atoms with E-state index in [-0.39, 0.29) is 29.5 Å². The van der Waals surface area contributed by atoms with Crippen LogP contribution in [0.2, 0.25) is 0 Å². The number of anilines is 1. The number of benzene rings is 1. The Bertz CT molecular complexity index is 725. The maximum Gasteiger partial charge on any atom is 0.253 e. The summed E-state index contributed by atoms with van der Waals surface area (Å²) in [6, 6.07) is 9.27. The third-order valence-electron chi connectivity index (χ3n) is 3.35. The summed E-state index contributed by atoms with van der Waals surface area (Å²) in [4.78, 5) is 28.7. The number of hydrogen-bond donors (Lipinski definition) is 2. The van der Waals surface area contributed by atoms with Gasteiger partial charge in [-0.05, 0) is 36.8 Å². The number of aromatic nitrogens is 1. The minimum atomic E-state index is -0.169. The highest BCUT2D eigenvalue weighted by atomic mass is 35.5.